The second kappa shape index (κ2) is 5.96. The van der Waals surface area contributed by atoms with Gasteiger partial charge in [0.1, 0.15) is 6.54 Å². The zero-order valence-electron chi connectivity index (χ0n) is 10.9. The summed E-state index contributed by atoms with van der Waals surface area (Å²) in [6.07, 6.45) is -3.74. The Balaban J connectivity index is 3.16. The van der Waals surface area contributed by atoms with E-state index in [1.165, 1.54) is 0 Å². The van der Waals surface area contributed by atoms with Gasteiger partial charge in [-0.25, -0.2) is 8.42 Å². The van der Waals surface area contributed by atoms with Gasteiger partial charge >= 0.3 is 6.18 Å². The first-order valence-corrected chi connectivity index (χ1v) is 7.22. The molecule has 5 nitrogen and oxygen atoms in total. The zero-order valence-corrected chi connectivity index (χ0v) is 11.8. The number of alkyl halides is 3. The SMILES string of the molecule is CC(C)CN(CC(F)(F)F)S(=O)(=O)c1ccc(=O)[nH]c1. The highest BCUT2D eigenvalue weighted by Crippen LogP contribution is 2.23. The average Bonchev–Trinajstić information content (AvgIpc) is 2.26. The van der Waals surface area contributed by atoms with Crippen molar-refractivity contribution in [3.8, 4) is 0 Å². The number of aromatic amines is 1. The topological polar surface area (TPSA) is 70.2 Å². The van der Waals surface area contributed by atoms with Crippen LogP contribution in [0.1, 0.15) is 13.8 Å². The molecule has 20 heavy (non-hydrogen) atoms. The van der Waals surface area contributed by atoms with E-state index >= 15 is 0 Å². The first-order valence-electron chi connectivity index (χ1n) is 5.78. The molecule has 0 radical (unpaired) electrons. The van der Waals surface area contributed by atoms with Gasteiger partial charge in [0.25, 0.3) is 0 Å². The molecule has 1 aromatic heterocycles. The highest BCUT2D eigenvalue weighted by molar-refractivity contribution is 7.89. The first kappa shape index (κ1) is 16.7. The second-order valence-corrected chi connectivity index (χ2v) is 6.63. The van der Waals surface area contributed by atoms with Gasteiger partial charge in [-0.15, -0.1) is 0 Å². The number of rotatable bonds is 5. The molecule has 1 N–H and O–H groups in total. The van der Waals surface area contributed by atoms with Crippen LogP contribution in [0.3, 0.4) is 0 Å². The Kier molecular flexibility index (Phi) is 4.98. The number of nitrogens with one attached hydrogen (secondary N) is 1. The molecule has 0 aromatic carbocycles. The molecule has 0 bridgehead atoms. The van der Waals surface area contributed by atoms with Crippen LogP contribution in [0, 0.1) is 5.92 Å². The van der Waals surface area contributed by atoms with Crippen molar-refractivity contribution in [2.75, 3.05) is 13.1 Å². The lowest BCUT2D eigenvalue weighted by Crippen LogP contribution is -2.41. The number of H-pyrrole nitrogens is 1. The van der Waals surface area contributed by atoms with Gasteiger partial charge in [-0.3, -0.25) is 4.79 Å². The maximum absolute atomic E-state index is 12.5. The van der Waals surface area contributed by atoms with Crippen LogP contribution in [-0.4, -0.2) is 37.0 Å². The Morgan fingerprint density at radius 3 is 2.30 bits per heavy atom. The lowest BCUT2D eigenvalue weighted by molar-refractivity contribution is -0.136. The molecule has 0 atom stereocenters. The fourth-order valence-electron chi connectivity index (χ4n) is 1.56. The third-order valence-electron chi connectivity index (χ3n) is 2.32. The Morgan fingerprint density at radius 2 is 1.90 bits per heavy atom. The number of nitrogens with zero attached hydrogens (tertiary/aromatic N) is 1. The fraction of sp³-hybridized carbons (Fsp3) is 0.545. The van der Waals surface area contributed by atoms with Gasteiger partial charge in [-0.2, -0.15) is 17.5 Å². The van der Waals surface area contributed by atoms with E-state index in [4.69, 9.17) is 0 Å². The molecule has 1 aromatic rings. The summed E-state index contributed by atoms with van der Waals surface area (Å²) < 4.78 is 62.2. The van der Waals surface area contributed by atoms with Gasteiger partial charge in [0.2, 0.25) is 15.6 Å². The van der Waals surface area contributed by atoms with E-state index in [1.54, 1.807) is 13.8 Å². The van der Waals surface area contributed by atoms with Crippen molar-refractivity contribution in [3.63, 3.8) is 0 Å². The van der Waals surface area contributed by atoms with E-state index in [-0.39, 0.29) is 17.4 Å². The fourth-order valence-corrected chi connectivity index (χ4v) is 3.12. The molecule has 0 aliphatic carbocycles. The van der Waals surface area contributed by atoms with Crippen LogP contribution in [0.15, 0.2) is 28.0 Å². The molecular formula is C11H15F3N2O3S. The van der Waals surface area contributed by atoms with E-state index in [2.05, 4.69) is 4.98 Å². The van der Waals surface area contributed by atoms with Crippen molar-refractivity contribution in [1.29, 1.82) is 0 Å². The predicted octanol–water partition coefficient (Wildman–Crippen LogP) is 1.58. The molecule has 0 saturated carbocycles. The van der Waals surface area contributed by atoms with E-state index < -0.39 is 28.3 Å². The Hall–Kier alpha value is -1.35. The predicted molar refractivity (Wildman–Crippen MR) is 66.7 cm³/mol. The van der Waals surface area contributed by atoms with Crippen molar-refractivity contribution in [2.24, 2.45) is 5.92 Å². The summed E-state index contributed by atoms with van der Waals surface area (Å²) in [6, 6.07) is 1.94. The molecule has 0 unspecified atom stereocenters. The van der Waals surface area contributed by atoms with E-state index in [0.717, 1.165) is 18.3 Å². The molecule has 0 spiro atoms. The van der Waals surface area contributed by atoms with Gasteiger partial charge in [0, 0.05) is 18.8 Å². The van der Waals surface area contributed by atoms with Crippen molar-refractivity contribution in [2.45, 2.75) is 24.9 Å². The maximum Gasteiger partial charge on any atom is 0.402 e. The van der Waals surface area contributed by atoms with Gasteiger partial charge in [0.15, 0.2) is 0 Å². The number of hydrogen-bond donors (Lipinski definition) is 1. The molecule has 1 heterocycles. The third-order valence-corrected chi connectivity index (χ3v) is 4.13. The molecule has 0 aliphatic heterocycles. The van der Waals surface area contributed by atoms with Gasteiger partial charge in [-0.1, -0.05) is 13.8 Å². The molecule has 0 saturated heterocycles. The van der Waals surface area contributed by atoms with Gasteiger partial charge in [0.05, 0.1) is 4.90 Å². The summed E-state index contributed by atoms with van der Waals surface area (Å²) in [5.74, 6) is -0.269. The van der Waals surface area contributed by atoms with Crippen molar-refractivity contribution in [3.05, 3.63) is 28.7 Å². The number of halogens is 3. The molecule has 114 valence electrons. The van der Waals surface area contributed by atoms with Crippen molar-refractivity contribution in [1.82, 2.24) is 9.29 Å². The smallest absolute Gasteiger partial charge is 0.328 e. The highest BCUT2D eigenvalue weighted by atomic mass is 32.2. The summed E-state index contributed by atoms with van der Waals surface area (Å²) in [4.78, 5) is 12.6. The molecule has 0 amide bonds. The largest absolute Gasteiger partial charge is 0.402 e. The minimum absolute atomic E-state index is 0.263. The van der Waals surface area contributed by atoms with Gasteiger partial charge in [-0.05, 0) is 12.0 Å². The van der Waals surface area contributed by atoms with Crippen LogP contribution in [0.25, 0.3) is 0 Å². The lowest BCUT2D eigenvalue weighted by Gasteiger charge is -2.24. The quantitative estimate of drug-likeness (QED) is 0.897. The maximum atomic E-state index is 12.5. The lowest BCUT2D eigenvalue weighted by atomic mass is 10.2. The normalized spacial score (nSPS) is 13.2. The number of aromatic nitrogens is 1. The summed E-state index contributed by atoms with van der Waals surface area (Å²) in [5.41, 5.74) is -0.532. The van der Waals surface area contributed by atoms with Crippen molar-refractivity contribution >= 4 is 10.0 Å². The van der Waals surface area contributed by atoms with Crippen LogP contribution in [0.5, 0.6) is 0 Å². The monoisotopic (exact) mass is 312 g/mol. The van der Waals surface area contributed by atoms with Crippen LogP contribution in [-0.2, 0) is 10.0 Å². The summed E-state index contributed by atoms with van der Waals surface area (Å²) >= 11 is 0. The minimum Gasteiger partial charge on any atom is -0.328 e. The van der Waals surface area contributed by atoms with Crippen LogP contribution < -0.4 is 5.56 Å². The molecule has 0 fully saturated rings. The molecule has 1 rings (SSSR count). The van der Waals surface area contributed by atoms with E-state index in [0.29, 0.717) is 4.31 Å². The molecule has 0 aliphatic rings. The van der Waals surface area contributed by atoms with Crippen molar-refractivity contribution < 1.29 is 21.6 Å². The van der Waals surface area contributed by atoms with Crippen LogP contribution >= 0.6 is 0 Å². The molecular weight excluding hydrogens is 297 g/mol. The second-order valence-electron chi connectivity index (χ2n) is 4.70. The van der Waals surface area contributed by atoms with Crippen LogP contribution in [0.2, 0.25) is 0 Å². The Morgan fingerprint density at radius 1 is 1.30 bits per heavy atom. The Labute approximate surface area is 114 Å². The standard InChI is InChI=1S/C11H15F3N2O3S/c1-8(2)6-16(7-11(12,13)14)20(18,19)9-3-4-10(17)15-5-9/h3-5,8H,6-7H2,1-2H3,(H,15,17). The van der Waals surface area contributed by atoms with E-state index in [1.807, 2.05) is 0 Å². The summed E-state index contributed by atoms with van der Waals surface area (Å²) in [5, 5.41) is 0. The Bertz CT molecular complexity index is 588. The molecule has 9 heteroatoms. The van der Waals surface area contributed by atoms with Gasteiger partial charge < -0.3 is 4.98 Å². The minimum atomic E-state index is -4.63. The highest BCUT2D eigenvalue weighted by Gasteiger charge is 2.37. The number of sulfonamides is 1. The average molecular weight is 312 g/mol. The zero-order chi connectivity index (χ0) is 15.6. The summed E-state index contributed by atoms with van der Waals surface area (Å²) in [6.45, 7) is 1.41. The van der Waals surface area contributed by atoms with Crippen LogP contribution in [0.4, 0.5) is 13.2 Å². The summed E-state index contributed by atoms with van der Waals surface area (Å²) in [7, 11) is -4.30. The number of hydrogen-bond acceptors (Lipinski definition) is 3. The third kappa shape index (κ3) is 4.64. The number of pyridine rings is 1. The van der Waals surface area contributed by atoms with E-state index in [9.17, 15) is 26.4 Å². The first-order chi connectivity index (χ1) is 9.02.